The second-order valence-electron chi connectivity index (χ2n) is 7.43. The van der Waals surface area contributed by atoms with Crippen LogP contribution in [0.4, 0.5) is 14.5 Å². The minimum absolute atomic E-state index is 0.0407. The number of esters is 1. The second-order valence-corrected chi connectivity index (χ2v) is 7.43. The molecule has 0 aliphatic heterocycles. The fourth-order valence-corrected chi connectivity index (χ4v) is 3.26. The van der Waals surface area contributed by atoms with Crippen molar-refractivity contribution in [2.75, 3.05) is 18.5 Å². The fraction of sp³-hybridized carbons (Fsp3) is 0.318. The van der Waals surface area contributed by atoms with Crippen LogP contribution in [0.2, 0.25) is 0 Å². The minimum Gasteiger partial charge on any atom is -0.456 e. The molecule has 33 heavy (non-hydrogen) atoms. The van der Waals surface area contributed by atoms with E-state index < -0.39 is 42.6 Å². The number of carbonyl (C=O) groups is 3. The Morgan fingerprint density at radius 3 is 2.55 bits per heavy atom. The van der Waals surface area contributed by atoms with Gasteiger partial charge in [0.2, 0.25) is 5.91 Å². The Kier molecular flexibility index (Phi) is 7.31. The molecule has 0 unspecified atom stereocenters. The van der Waals surface area contributed by atoms with E-state index in [1.165, 1.54) is 6.07 Å². The summed E-state index contributed by atoms with van der Waals surface area (Å²) in [5.74, 6) is -4.05. The van der Waals surface area contributed by atoms with Gasteiger partial charge in [-0.3, -0.25) is 14.4 Å². The third-order valence-corrected chi connectivity index (χ3v) is 4.88. The quantitative estimate of drug-likeness (QED) is 0.499. The lowest BCUT2D eigenvalue weighted by atomic mass is 10.1. The number of ether oxygens (including phenoxy) is 1. The van der Waals surface area contributed by atoms with Crippen molar-refractivity contribution < 1.29 is 27.9 Å². The molecule has 3 rings (SSSR count). The number of aromatic nitrogens is 3. The van der Waals surface area contributed by atoms with Gasteiger partial charge in [0, 0.05) is 35.6 Å². The van der Waals surface area contributed by atoms with Crippen molar-refractivity contribution in [3.05, 3.63) is 58.5 Å². The highest BCUT2D eigenvalue weighted by Gasteiger charge is 2.15. The molecule has 0 fully saturated rings. The number of hydrogen-bond acceptors (Lipinski definition) is 6. The molecule has 0 saturated carbocycles. The van der Waals surface area contributed by atoms with Crippen LogP contribution in [0.1, 0.15) is 29.1 Å². The number of nitrogens with zero attached hydrogens (tertiary/aromatic N) is 3. The Balaban J connectivity index is 1.42. The number of halogens is 2. The maximum absolute atomic E-state index is 13.2. The smallest absolute Gasteiger partial charge is 0.306 e. The number of fused-ring (bicyclic) bond motifs is 1. The van der Waals surface area contributed by atoms with Crippen LogP contribution in [-0.2, 0) is 25.5 Å². The van der Waals surface area contributed by atoms with Crippen LogP contribution in [0.3, 0.4) is 0 Å². The molecule has 1 aromatic carbocycles. The van der Waals surface area contributed by atoms with Crippen molar-refractivity contribution in [1.29, 1.82) is 0 Å². The third-order valence-electron chi connectivity index (χ3n) is 4.88. The molecular weight excluding hydrogens is 436 g/mol. The van der Waals surface area contributed by atoms with Gasteiger partial charge in [0.25, 0.3) is 5.91 Å². The van der Waals surface area contributed by atoms with Crippen LogP contribution in [0.25, 0.3) is 5.65 Å². The van der Waals surface area contributed by atoms with E-state index in [0.29, 0.717) is 6.42 Å². The van der Waals surface area contributed by atoms with Crippen LogP contribution in [-0.4, -0.2) is 45.5 Å². The minimum atomic E-state index is -1.11. The van der Waals surface area contributed by atoms with Gasteiger partial charge in [-0.05, 0) is 44.9 Å². The molecule has 0 spiro atoms. The summed E-state index contributed by atoms with van der Waals surface area (Å²) in [6.45, 7) is 4.65. The molecule has 0 bridgehead atoms. The van der Waals surface area contributed by atoms with E-state index in [-0.39, 0.29) is 12.1 Å². The molecule has 174 valence electrons. The molecule has 2 aromatic heterocycles. The first-order chi connectivity index (χ1) is 15.6. The van der Waals surface area contributed by atoms with Crippen LogP contribution >= 0.6 is 0 Å². The zero-order valence-corrected chi connectivity index (χ0v) is 18.4. The van der Waals surface area contributed by atoms with Crippen molar-refractivity contribution in [2.24, 2.45) is 0 Å². The predicted octanol–water partition coefficient (Wildman–Crippen LogP) is 2.16. The monoisotopic (exact) mass is 459 g/mol. The average Bonchev–Trinajstić information content (AvgIpc) is 3.13. The van der Waals surface area contributed by atoms with Crippen molar-refractivity contribution in [2.45, 2.75) is 33.6 Å². The summed E-state index contributed by atoms with van der Waals surface area (Å²) in [5.41, 5.74) is 4.16. The van der Waals surface area contributed by atoms with Crippen molar-refractivity contribution in [3.8, 4) is 0 Å². The fourth-order valence-electron chi connectivity index (χ4n) is 3.26. The maximum Gasteiger partial charge on any atom is 0.306 e. The Labute approximate surface area is 188 Å². The lowest BCUT2D eigenvalue weighted by molar-refractivity contribution is -0.148. The van der Waals surface area contributed by atoms with Gasteiger partial charge < -0.3 is 15.4 Å². The van der Waals surface area contributed by atoms with Crippen LogP contribution in [0, 0.1) is 32.4 Å². The van der Waals surface area contributed by atoms with E-state index in [1.807, 2.05) is 26.8 Å². The maximum atomic E-state index is 13.2. The number of aryl methyl sites for hydroxylation is 3. The number of nitrogens with one attached hydrogen (secondary N) is 2. The Morgan fingerprint density at radius 2 is 1.82 bits per heavy atom. The zero-order chi connectivity index (χ0) is 24.1. The molecule has 0 radical (unpaired) electrons. The van der Waals surface area contributed by atoms with Crippen LogP contribution in [0.15, 0.2) is 24.3 Å². The highest BCUT2D eigenvalue weighted by molar-refractivity contribution is 5.94. The van der Waals surface area contributed by atoms with E-state index in [0.717, 1.165) is 40.4 Å². The molecule has 9 nitrogen and oxygen atoms in total. The summed E-state index contributed by atoms with van der Waals surface area (Å²) >= 11 is 0. The number of amides is 2. The van der Waals surface area contributed by atoms with Gasteiger partial charge in [0.05, 0.1) is 12.2 Å². The molecule has 0 aliphatic carbocycles. The number of carbonyl (C=O) groups excluding carboxylic acids is 3. The first kappa shape index (κ1) is 23.8. The highest BCUT2D eigenvalue weighted by Crippen LogP contribution is 2.17. The normalized spacial score (nSPS) is 10.8. The van der Waals surface area contributed by atoms with Crippen molar-refractivity contribution in [1.82, 2.24) is 19.9 Å². The number of anilines is 1. The summed E-state index contributed by atoms with van der Waals surface area (Å²) in [4.78, 5) is 40.2. The van der Waals surface area contributed by atoms with E-state index >= 15 is 0 Å². The second kappa shape index (κ2) is 10.2. The largest absolute Gasteiger partial charge is 0.456 e. The molecule has 0 saturated heterocycles. The van der Waals surface area contributed by atoms with Gasteiger partial charge >= 0.3 is 5.97 Å². The average molecular weight is 459 g/mol. The van der Waals surface area contributed by atoms with Crippen molar-refractivity contribution >= 4 is 29.1 Å². The summed E-state index contributed by atoms with van der Waals surface area (Å²) in [6, 6.07) is 4.75. The van der Waals surface area contributed by atoms with Gasteiger partial charge in [-0.15, -0.1) is 0 Å². The standard InChI is InChI=1S/C22H23F2N5O4/c1-12-8-19-26-13(2)16(14(3)29(19)28-12)5-7-22(32)33-11-21(31)25-10-20(30)27-15-4-6-17(23)18(24)9-15/h4,6,8-9H,5,7,10-11H2,1-3H3,(H,25,31)(H,27,30). The molecule has 2 heterocycles. The predicted molar refractivity (Wildman–Crippen MR) is 114 cm³/mol. The molecule has 3 aromatic rings. The van der Waals surface area contributed by atoms with Crippen LogP contribution < -0.4 is 10.6 Å². The van der Waals surface area contributed by atoms with E-state index in [2.05, 4.69) is 20.7 Å². The lowest BCUT2D eigenvalue weighted by Gasteiger charge is -2.11. The third kappa shape index (κ3) is 6.09. The molecule has 2 N–H and O–H groups in total. The van der Waals surface area contributed by atoms with E-state index in [9.17, 15) is 23.2 Å². The number of hydrogen-bond donors (Lipinski definition) is 2. The zero-order valence-electron chi connectivity index (χ0n) is 18.4. The van der Waals surface area contributed by atoms with Gasteiger partial charge in [-0.2, -0.15) is 5.10 Å². The van der Waals surface area contributed by atoms with Gasteiger partial charge in [-0.1, -0.05) is 0 Å². The SMILES string of the molecule is Cc1cc2nc(C)c(CCC(=O)OCC(=O)NCC(=O)Nc3ccc(F)c(F)c3)c(C)n2n1. The molecule has 0 aliphatic rings. The summed E-state index contributed by atoms with van der Waals surface area (Å²) in [6.07, 6.45) is 0.412. The molecular formula is C22H23F2N5O4. The lowest BCUT2D eigenvalue weighted by Crippen LogP contribution is -2.35. The van der Waals surface area contributed by atoms with E-state index in [1.54, 1.807) is 4.52 Å². The summed E-state index contributed by atoms with van der Waals surface area (Å²) < 4.78 is 32.7. The van der Waals surface area contributed by atoms with Gasteiger partial charge in [0.1, 0.15) is 0 Å². The molecule has 0 atom stereocenters. The van der Waals surface area contributed by atoms with Crippen molar-refractivity contribution in [3.63, 3.8) is 0 Å². The first-order valence-corrected chi connectivity index (χ1v) is 10.1. The Morgan fingerprint density at radius 1 is 1.06 bits per heavy atom. The topological polar surface area (TPSA) is 115 Å². The number of benzene rings is 1. The Hall–Kier alpha value is -3.89. The highest BCUT2D eigenvalue weighted by atomic mass is 19.2. The summed E-state index contributed by atoms with van der Waals surface area (Å²) in [5, 5.41) is 8.98. The molecule has 2 amide bonds. The van der Waals surface area contributed by atoms with E-state index in [4.69, 9.17) is 4.74 Å². The van der Waals surface area contributed by atoms with Gasteiger partial charge in [-0.25, -0.2) is 18.3 Å². The van der Waals surface area contributed by atoms with Gasteiger partial charge in [0.15, 0.2) is 23.9 Å². The number of rotatable bonds is 8. The Bertz CT molecular complexity index is 1230. The van der Waals surface area contributed by atoms with Crippen LogP contribution in [0.5, 0.6) is 0 Å². The summed E-state index contributed by atoms with van der Waals surface area (Å²) in [7, 11) is 0. The molecule has 11 heteroatoms. The first-order valence-electron chi connectivity index (χ1n) is 10.1.